The minimum absolute atomic E-state index is 0.163. The summed E-state index contributed by atoms with van der Waals surface area (Å²) in [7, 11) is 2.16. The van der Waals surface area contributed by atoms with Crippen LogP contribution in [0.1, 0.15) is 24.0 Å². The van der Waals surface area contributed by atoms with Gasteiger partial charge in [-0.15, -0.1) is 0 Å². The van der Waals surface area contributed by atoms with Gasteiger partial charge in [-0.1, -0.05) is 84.5 Å². The predicted molar refractivity (Wildman–Crippen MR) is 105 cm³/mol. The largest absolute Gasteiger partial charge is 0.362 e. The lowest BCUT2D eigenvalue weighted by Crippen LogP contribution is -2.36. The molecule has 0 saturated heterocycles. The van der Waals surface area contributed by atoms with Crippen LogP contribution in [0.25, 0.3) is 0 Å². The van der Waals surface area contributed by atoms with Crippen molar-refractivity contribution in [2.45, 2.75) is 18.3 Å². The van der Waals surface area contributed by atoms with E-state index in [9.17, 15) is 0 Å². The predicted octanol–water partition coefficient (Wildman–Crippen LogP) is 4.59. The van der Waals surface area contributed by atoms with Crippen LogP contribution >= 0.6 is 0 Å². The second-order valence-corrected chi connectivity index (χ2v) is 6.86. The molecule has 0 spiro atoms. The summed E-state index contributed by atoms with van der Waals surface area (Å²) in [5.74, 6) is 1.21. The molecule has 1 aliphatic heterocycles. The maximum atomic E-state index is 4.82. The molecule has 0 aromatic heterocycles. The average molecular weight is 328 g/mol. The third kappa shape index (κ3) is 2.82. The normalized spacial score (nSPS) is 16.9. The molecule has 0 N–H and O–H groups in total. The van der Waals surface area contributed by atoms with E-state index in [0.29, 0.717) is 0 Å². The highest BCUT2D eigenvalue weighted by Gasteiger charge is 2.40. The van der Waals surface area contributed by atoms with Gasteiger partial charge in [0, 0.05) is 25.4 Å². The van der Waals surface area contributed by atoms with Crippen LogP contribution in [0.4, 0.5) is 0 Å². The standard InChI is InChI=1S/C23H24N2/c1-25-17-16-24-22(25)18-23(21-14-8-9-15-21,19-10-4-2-5-11-19)20-12-6-3-7-13-20/h2-14H,15-18H2,1H3. The highest BCUT2D eigenvalue weighted by Crippen LogP contribution is 2.45. The number of hydrogen-bond donors (Lipinski definition) is 0. The molecule has 1 heterocycles. The van der Waals surface area contributed by atoms with Crippen molar-refractivity contribution in [2.75, 3.05) is 20.1 Å². The Hall–Kier alpha value is -2.61. The number of nitrogens with zero attached hydrogens (tertiary/aromatic N) is 2. The van der Waals surface area contributed by atoms with Crippen molar-refractivity contribution in [1.29, 1.82) is 0 Å². The molecule has 2 aromatic carbocycles. The van der Waals surface area contributed by atoms with E-state index < -0.39 is 0 Å². The Morgan fingerprint density at radius 3 is 2.08 bits per heavy atom. The topological polar surface area (TPSA) is 15.6 Å². The van der Waals surface area contributed by atoms with Crippen LogP contribution < -0.4 is 0 Å². The molecular formula is C23H24N2. The summed E-state index contributed by atoms with van der Waals surface area (Å²) in [5, 5.41) is 0. The summed E-state index contributed by atoms with van der Waals surface area (Å²) < 4.78 is 0. The molecule has 25 heavy (non-hydrogen) atoms. The summed E-state index contributed by atoms with van der Waals surface area (Å²) in [6, 6.07) is 21.9. The zero-order valence-electron chi connectivity index (χ0n) is 14.7. The fourth-order valence-electron chi connectivity index (χ4n) is 4.07. The first-order valence-corrected chi connectivity index (χ1v) is 9.02. The number of benzene rings is 2. The first-order chi connectivity index (χ1) is 12.3. The maximum Gasteiger partial charge on any atom is 0.100 e. The van der Waals surface area contributed by atoms with Crippen LogP contribution in [0.2, 0.25) is 0 Å². The van der Waals surface area contributed by atoms with E-state index in [1.54, 1.807) is 0 Å². The van der Waals surface area contributed by atoms with E-state index in [1.165, 1.54) is 22.5 Å². The third-order valence-corrected chi connectivity index (χ3v) is 5.45. The SMILES string of the molecule is CN1CCN=C1CC(C1=CC=CC1)(c1ccccc1)c1ccccc1. The first kappa shape index (κ1) is 15.9. The molecule has 2 heteroatoms. The Balaban J connectivity index is 1.91. The first-order valence-electron chi connectivity index (χ1n) is 9.02. The number of amidine groups is 1. The van der Waals surface area contributed by atoms with Crippen molar-refractivity contribution in [2.24, 2.45) is 4.99 Å². The van der Waals surface area contributed by atoms with E-state index in [4.69, 9.17) is 4.99 Å². The Morgan fingerprint density at radius 2 is 1.60 bits per heavy atom. The fraction of sp³-hybridized carbons (Fsp3) is 0.261. The Labute approximate surface area is 150 Å². The average Bonchev–Trinajstić information content (AvgIpc) is 3.34. The van der Waals surface area contributed by atoms with Crippen molar-refractivity contribution in [3.63, 3.8) is 0 Å². The van der Waals surface area contributed by atoms with Gasteiger partial charge in [-0.3, -0.25) is 4.99 Å². The molecule has 0 saturated carbocycles. The molecule has 1 aliphatic carbocycles. The summed E-state index contributed by atoms with van der Waals surface area (Å²) in [6.45, 7) is 1.93. The zero-order chi connectivity index (χ0) is 17.1. The second-order valence-electron chi connectivity index (χ2n) is 6.86. The van der Waals surface area contributed by atoms with E-state index in [0.717, 1.165) is 25.9 Å². The van der Waals surface area contributed by atoms with Crippen LogP contribution in [0.5, 0.6) is 0 Å². The molecule has 0 fully saturated rings. The molecule has 0 radical (unpaired) electrons. The van der Waals surface area contributed by atoms with Gasteiger partial charge in [-0.05, 0) is 17.5 Å². The number of rotatable bonds is 5. The Kier molecular flexibility index (Phi) is 4.27. The minimum Gasteiger partial charge on any atom is -0.362 e. The number of aliphatic imine (C=N–C) groups is 1. The lowest BCUT2D eigenvalue weighted by molar-refractivity contribution is 0.516. The van der Waals surface area contributed by atoms with Gasteiger partial charge in [-0.2, -0.15) is 0 Å². The summed E-state index contributed by atoms with van der Waals surface area (Å²) in [4.78, 5) is 7.13. The van der Waals surface area contributed by atoms with Gasteiger partial charge < -0.3 is 4.90 Å². The van der Waals surface area contributed by atoms with Gasteiger partial charge in [0.05, 0.1) is 6.54 Å². The molecule has 4 rings (SSSR count). The van der Waals surface area contributed by atoms with Crippen molar-refractivity contribution < 1.29 is 0 Å². The molecular weight excluding hydrogens is 304 g/mol. The number of allylic oxidation sites excluding steroid dienone is 4. The number of hydrogen-bond acceptors (Lipinski definition) is 2. The molecule has 2 aliphatic rings. The van der Waals surface area contributed by atoms with E-state index in [-0.39, 0.29) is 5.41 Å². The zero-order valence-corrected chi connectivity index (χ0v) is 14.7. The Morgan fingerprint density at radius 1 is 0.960 bits per heavy atom. The highest BCUT2D eigenvalue weighted by atomic mass is 15.2. The third-order valence-electron chi connectivity index (χ3n) is 5.45. The molecule has 0 unspecified atom stereocenters. The van der Waals surface area contributed by atoms with Crippen LogP contribution in [0.3, 0.4) is 0 Å². The van der Waals surface area contributed by atoms with Gasteiger partial charge in [0.2, 0.25) is 0 Å². The van der Waals surface area contributed by atoms with Crippen LogP contribution in [0, 0.1) is 0 Å². The molecule has 0 bridgehead atoms. The second kappa shape index (κ2) is 6.72. The van der Waals surface area contributed by atoms with Gasteiger partial charge >= 0.3 is 0 Å². The molecule has 2 nitrogen and oxygen atoms in total. The van der Waals surface area contributed by atoms with Gasteiger partial charge in [0.15, 0.2) is 0 Å². The van der Waals surface area contributed by atoms with Gasteiger partial charge in [-0.25, -0.2) is 0 Å². The van der Waals surface area contributed by atoms with Crippen molar-refractivity contribution >= 4 is 5.84 Å². The molecule has 0 amide bonds. The van der Waals surface area contributed by atoms with Gasteiger partial charge in [0.1, 0.15) is 5.84 Å². The summed E-state index contributed by atoms with van der Waals surface area (Å²) >= 11 is 0. The highest BCUT2D eigenvalue weighted by molar-refractivity contribution is 5.86. The van der Waals surface area contributed by atoms with Crippen LogP contribution in [-0.2, 0) is 5.41 Å². The van der Waals surface area contributed by atoms with E-state index in [2.05, 4.69) is 90.8 Å². The van der Waals surface area contributed by atoms with Crippen molar-refractivity contribution in [3.05, 3.63) is 95.6 Å². The smallest absolute Gasteiger partial charge is 0.100 e. The molecule has 0 atom stereocenters. The monoisotopic (exact) mass is 328 g/mol. The summed E-state index contributed by atoms with van der Waals surface area (Å²) in [6.07, 6.45) is 8.66. The van der Waals surface area contributed by atoms with Crippen LogP contribution in [0.15, 0.2) is 89.5 Å². The van der Waals surface area contributed by atoms with Crippen LogP contribution in [-0.4, -0.2) is 30.9 Å². The van der Waals surface area contributed by atoms with E-state index in [1.807, 2.05) is 0 Å². The minimum atomic E-state index is -0.163. The Bertz CT molecular complexity index is 776. The lowest BCUT2D eigenvalue weighted by Gasteiger charge is -2.38. The number of likely N-dealkylation sites (N-methyl/N-ethyl adjacent to an activating group) is 1. The summed E-state index contributed by atoms with van der Waals surface area (Å²) in [5.41, 5.74) is 3.98. The van der Waals surface area contributed by atoms with Crippen molar-refractivity contribution in [3.8, 4) is 0 Å². The van der Waals surface area contributed by atoms with Crippen molar-refractivity contribution in [1.82, 2.24) is 4.90 Å². The van der Waals surface area contributed by atoms with Gasteiger partial charge in [0.25, 0.3) is 0 Å². The fourth-order valence-corrected chi connectivity index (χ4v) is 4.07. The molecule has 126 valence electrons. The van der Waals surface area contributed by atoms with E-state index >= 15 is 0 Å². The molecule has 2 aromatic rings. The quantitative estimate of drug-likeness (QED) is 0.783. The lowest BCUT2D eigenvalue weighted by atomic mass is 9.66. The maximum absolute atomic E-state index is 4.82.